The summed E-state index contributed by atoms with van der Waals surface area (Å²) in [6.07, 6.45) is 1.00. The first-order valence-corrected chi connectivity index (χ1v) is 3.54. The fourth-order valence-electron chi connectivity index (χ4n) is 0.848. The molecule has 5 heteroatoms. The molecule has 0 aliphatic heterocycles. The average Bonchev–Trinajstić information content (AvgIpc) is 2.34. The molecule has 0 aliphatic rings. The SMILES string of the molecule is C[C@H](O)Cn1ccc(C(=O)O)n1. The van der Waals surface area contributed by atoms with Gasteiger partial charge < -0.3 is 10.2 Å². The van der Waals surface area contributed by atoms with Crippen LogP contribution in [-0.4, -0.2) is 32.1 Å². The highest BCUT2D eigenvalue weighted by atomic mass is 16.4. The second kappa shape index (κ2) is 3.36. The van der Waals surface area contributed by atoms with Gasteiger partial charge in [-0.2, -0.15) is 5.10 Å². The number of aliphatic hydroxyl groups excluding tert-OH is 1. The van der Waals surface area contributed by atoms with Gasteiger partial charge >= 0.3 is 5.97 Å². The average molecular weight is 170 g/mol. The molecule has 12 heavy (non-hydrogen) atoms. The van der Waals surface area contributed by atoms with Gasteiger partial charge in [0.25, 0.3) is 0 Å². The van der Waals surface area contributed by atoms with Gasteiger partial charge in [-0.3, -0.25) is 4.68 Å². The molecule has 0 saturated carbocycles. The predicted molar refractivity (Wildman–Crippen MR) is 40.9 cm³/mol. The number of carbonyl (C=O) groups is 1. The lowest BCUT2D eigenvalue weighted by Crippen LogP contribution is -2.12. The van der Waals surface area contributed by atoms with Gasteiger partial charge in [-0.1, -0.05) is 0 Å². The largest absolute Gasteiger partial charge is 0.476 e. The molecule has 0 aromatic carbocycles. The molecule has 0 amide bonds. The molecule has 1 aromatic rings. The van der Waals surface area contributed by atoms with Gasteiger partial charge in [-0.15, -0.1) is 0 Å². The molecule has 0 aliphatic carbocycles. The number of carboxylic acids is 1. The Bertz CT molecular complexity index is 280. The lowest BCUT2D eigenvalue weighted by atomic mass is 10.4. The van der Waals surface area contributed by atoms with Gasteiger partial charge in [0.05, 0.1) is 12.6 Å². The Hall–Kier alpha value is -1.36. The van der Waals surface area contributed by atoms with Crippen molar-refractivity contribution in [3.63, 3.8) is 0 Å². The summed E-state index contributed by atoms with van der Waals surface area (Å²) in [6.45, 7) is 1.93. The third-order valence-electron chi connectivity index (χ3n) is 1.31. The van der Waals surface area contributed by atoms with Gasteiger partial charge in [0.1, 0.15) is 0 Å². The summed E-state index contributed by atoms with van der Waals surface area (Å²) in [5.74, 6) is -1.06. The van der Waals surface area contributed by atoms with Crippen LogP contribution in [0.2, 0.25) is 0 Å². The quantitative estimate of drug-likeness (QED) is 0.667. The Labute approximate surface area is 69.2 Å². The lowest BCUT2D eigenvalue weighted by molar-refractivity contribution is 0.0688. The highest BCUT2D eigenvalue weighted by molar-refractivity contribution is 5.84. The summed E-state index contributed by atoms with van der Waals surface area (Å²) in [7, 11) is 0. The minimum absolute atomic E-state index is 0.00403. The molecule has 0 bridgehead atoms. The number of nitrogens with zero attached hydrogens (tertiary/aromatic N) is 2. The highest BCUT2D eigenvalue weighted by Crippen LogP contribution is 1.96. The maximum absolute atomic E-state index is 10.4. The van der Waals surface area contributed by atoms with Gasteiger partial charge in [0.15, 0.2) is 5.69 Å². The van der Waals surface area contributed by atoms with E-state index < -0.39 is 12.1 Å². The number of aromatic carboxylic acids is 1. The number of rotatable bonds is 3. The van der Waals surface area contributed by atoms with Crippen LogP contribution in [0.3, 0.4) is 0 Å². The van der Waals surface area contributed by atoms with Gasteiger partial charge in [0, 0.05) is 6.20 Å². The van der Waals surface area contributed by atoms with Crippen LogP contribution in [0.4, 0.5) is 0 Å². The monoisotopic (exact) mass is 170 g/mol. The van der Waals surface area contributed by atoms with E-state index in [1.807, 2.05) is 0 Å². The van der Waals surface area contributed by atoms with E-state index in [9.17, 15) is 4.79 Å². The van der Waals surface area contributed by atoms with Crippen LogP contribution in [0.1, 0.15) is 17.4 Å². The number of hydrogen-bond donors (Lipinski definition) is 2. The zero-order valence-corrected chi connectivity index (χ0v) is 6.64. The number of aliphatic hydroxyl groups is 1. The molecule has 66 valence electrons. The zero-order valence-electron chi connectivity index (χ0n) is 6.64. The molecule has 1 rings (SSSR count). The van der Waals surface area contributed by atoms with Crippen molar-refractivity contribution in [2.45, 2.75) is 19.6 Å². The van der Waals surface area contributed by atoms with E-state index in [1.165, 1.54) is 16.9 Å². The number of aromatic nitrogens is 2. The molecule has 1 aromatic heterocycles. The van der Waals surface area contributed by atoms with E-state index in [1.54, 1.807) is 6.92 Å². The van der Waals surface area contributed by atoms with E-state index in [0.29, 0.717) is 6.54 Å². The molecular weight excluding hydrogens is 160 g/mol. The van der Waals surface area contributed by atoms with Crippen LogP contribution in [0.15, 0.2) is 12.3 Å². The van der Waals surface area contributed by atoms with E-state index in [2.05, 4.69) is 5.10 Å². The molecule has 0 radical (unpaired) electrons. The maximum Gasteiger partial charge on any atom is 0.356 e. The molecule has 0 unspecified atom stereocenters. The van der Waals surface area contributed by atoms with Crippen LogP contribution in [0, 0.1) is 0 Å². The first-order valence-electron chi connectivity index (χ1n) is 3.54. The van der Waals surface area contributed by atoms with Crippen molar-refractivity contribution < 1.29 is 15.0 Å². The maximum atomic E-state index is 10.4. The normalized spacial score (nSPS) is 12.8. The molecule has 1 heterocycles. The molecule has 1 atom stereocenters. The van der Waals surface area contributed by atoms with Crippen molar-refractivity contribution in [1.82, 2.24) is 9.78 Å². The minimum Gasteiger partial charge on any atom is -0.476 e. The van der Waals surface area contributed by atoms with Crippen molar-refractivity contribution in [2.24, 2.45) is 0 Å². The Morgan fingerprint density at radius 1 is 1.83 bits per heavy atom. The zero-order chi connectivity index (χ0) is 9.14. The Balaban J connectivity index is 2.71. The third kappa shape index (κ3) is 2.06. The number of carboxylic acid groups (broad SMARTS) is 1. The third-order valence-corrected chi connectivity index (χ3v) is 1.31. The first-order chi connectivity index (χ1) is 5.59. The van der Waals surface area contributed by atoms with Crippen LogP contribution in [0.25, 0.3) is 0 Å². The van der Waals surface area contributed by atoms with Crippen molar-refractivity contribution >= 4 is 5.97 Å². The summed E-state index contributed by atoms with van der Waals surface area (Å²) in [4.78, 5) is 10.4. The van der Waals surface area contributed by atoms with E-state index in [-0.39, 0.29) is 5.69 Å². The van der Waals surface area contributed by atoms with Gasteiger partial charge in [-0.25, -0.2) is 4.79 Å². The van der Waals surface area contributed by atoms with Crippen molar-refractivity contribution in [3.05, 3.63) is 18.0 Å². The standard InChI is InChI=1S/C7H10N2O3/c1-5(10)4-9-3-2-6(8-9)7(11)12/h2-3,5,10H,4H2,1H3,(H,11,12)/t5-/m0/s1. The molecular formula is C7H10N2O3. The fourth-order valence-corrected chi connectivity index (χ4v) is 0.848. The van der Waals surface area contributed by atoms with Crippen molar-refractivity contribution in [3.8, 4) is 0 Å². The Morgan fingerprint density at radius 3 is 2.92 bits per heavy atom. The predicted octanol–water partition coefficient (Wildman–Crippen LogP) is -0.0379. The van der Waals surface area contributed by atoms with Crippen LogP contribution in [-0.2, 0) is 6.54 Å². The second-order valence-corrected chi connectivity index (χ2v) is 2.58. The summed E-state index contributed by atoms with van der Waals surface area (Å²) in [6, 6.07) is 1.39. The Morgan fingerprint density at radius 2 is 2.50 bits per heavy atom. The molecule has 0 spiro atoms. The molecule has 2 N–H and O–H groups in total. The molecule has 0 fully saturated rings. The fraction of sp³-hybridized carbons (Fsp3) is 0.429. The van der Waals surface area contributed by atoms with Crippen molar-refractivity contribution in [1.29, 1.82) is 0 Å². The highest BCUT2D eigenvalue weighted by Gasteiger charge is 2.06. The second-order valence-electron chi connectivity index (χ2n) is 2.58. The number of hydrogen-bond acceptors (Lipinski definition) is 3. The summed E-state index contributed by atoms with van der Waals surface area (Å²) >= 11 is 0. The topological polar surface area (TPSA) is 75.4 Å². The van der Waals surface area contributed by atoms with Crippen molar-refractivity contribution in [2.75, 3.05) is 0 Å². The van der Waals surface area contributed by atoms with E-state index in [0.717, 1.165) is 0 Å². The summed E-state index contributed by atoms with van der Waals surface area (Å²) in [5, 5.41) is 21.1. The minimum atomic E-state index is -1.06. The van der Waals surface area contributed by atoms with E-state index >= 15 is 0 Å². The summed E-state index contributed by atoms with van der Waals surface area (Å²) in [5.41, 5.74) is -0.00403. The van der Waals surface area contributed by atoms with E-state index in [4.69, 9.17) is 10.2 Å². The van der Waals surface area contributed by atoms with Crippen LogP contribution in [0.5, 0.6) is 0 Å². The van der Waals surface area contributed by atoms with Gasteiger partial charge in [-0.05, 0) is 13.0 Å². The van der Waals surface area contributed by atoms with Crippen LogP contribution < -0.4 is 0 Å². The van der Waals surface area contributed by atoms with Crippen LogP contribution >= 0.6 is 0 Å². The van der Waals surface area contributed by atoms with Gasteiger partial charge in [0.2, 0.25) is 0 Å². The lowest BCUT2D eigenvalue weighted by Gasteiger charge is -2.02. The first kappa shape index (κ1) is 8.73. The molecule has 0 saturated heterocycles. The smallest absolute Gasteiger partial charge is 0.356 e. The summed E-state index contributed by atoms with van der Waals surface area (Å²) < 4.78 is 1.40. The Kier molecular flexibility index (Phi) is 2.44. The molecule has 5 nitrogen and oxygen atoms in total.